The summed E-state index contributed by atoms with van der Waals surface area (Å²) in [5.74, 6) is -0.946. The van der Waals surface area contributed by atoms with E-state index in [0.717, 1.165) is 6.20 Å². The fourth-order valence-electron chi connectivity index (χ4n) is 1.48. The number of methoxy groups -OCH3 is 2. The van der Waals surface area contributed by atoms with E-state index in [1.807, 2.05) is 0 Å². The summed E-state index contributed by atoms with van der Waals surface area (Å²) in [5, 5.41) is 22.3. The number of rotatable bonds is 7. The Labute approximate surface area is 126 Å². The zero-order valence-corrected chi connectivity index (χ0v) is 12.0. The summed E-state index contributed by atoms with van der Waals surface area (Å²) in [7, 11) is 2.98. The number of amides is 1. The molecule has 8 nitrogen and oxygen atoms in total. The molecule has 0 aliphatic heterocycles. The second-order valence-corrected chi connectivity index (χ2v) is 3.96. The fourth-order valence-corrected chi connectivity index (χ4v) is 1.48. The Morgan fingerprint density at radius 1 is 1.36 bits per heavy atom. The third kappa shape index (κ3) is 4.72. The summed E-state index contributed by atoms with van der Waals surface area (Å²) >= 11 is 0. The fraction of sp³-hybridized carbons (Fsp3) is 0.214. The molecule has 0 radical (unpaired) electrons. The zero-order chi connectivity index (χ0) is 16.5. The lowest BCUT2D eigenvalue weighted by molar-refractivity contribution is -0.137. The number of anilines is 1. The van der Waals surface area contributed by atoms with Crippen molar-refractivity contribution in [3.63, 3.8) is 0 Å². The van der Waals surface area contributed by atoms with E-state index in [2.05, 4.69) is 10.6 Å². The minimum absolute atomic E-state index is 0.272. The molecule has 0 bridgehead atoms. The first-order valence-electron chi connectivity index (χ1n) is 6.10. The molecule has 0 atom stereocenters. The average Bonchev–Trinajstić information content (AvgIpc) is 2.53. The van der Waals surface area contributed by atoms with Gasteiger partial charge in [-0.2, -0.15) is 5.26 Å². The highest BCUT2D eigenvalue weighted by Crippen LogP contribution is 2.28. The maximum absolute atomic E-state index is 11.6. The van der Waals surface area contributed by atoms with Crippen molar-refractivity contribution in [2.75, 3.05) is 26.1 Å². The summed E-state index contributed by atoms with van der Waals surface area (Å²) in [6.45, 7) is -0.569. The van der Waals surface area contributed by atoms with E-state index in [4.69, 9.17) is 19.8 Å². The predicted molar refractivity (Wildman–Crippen MR) is 77.5 cm³/mol. The highest BCUT2D eigenvalue weighted by Gasteiger charge is 2.11. The van der Waals surface area contributed by atoms with Gasteiger partial charge in [0, 0.05) is 12.3 Å². The number of hydrogen-bond acceptors (Lipinski definition) is 6. The Morgan fingerprint density at radius 2 is 2.09 bits per heavy atom. The van der Waals surface area contributed by atoms with Gasteiger partial charge in [0.15, 0.2) is 0 Å². The van der Waals surface area contributed by atoms with Crippen molar-refractivity contribution in [1.82, 2.24) is 5.32 Å². The number of ether oxygens (including phenoxy) is 2. The minimum Gasteiger partial charge on any atom is -0.497 e. The van der Waals surface area contributed by atoms with Gasteiger partial charge in [-0.05, 0) is 12.1 Å². The normalized spacial score (nSPS) is 10.3. The first-order valence-corrected chi connectivity index (χ1v) is 6.10. The molecule has 0 aromatic heterocycles. The second kappa shape index (κ2) is 8.16. The number of aliphatic carboxylic acids is 1. The van der Waals surface area contributed by atoms with E-state index >= 15 is 0 Å². The molecular formula is C14H15N3O5. The molecular weight excluding hydrogens is 290 g/mol. The summed E-state index contributed by atoms with van der Waals surface area (Å²) in [4.78, 5) is 22.0. The maximum Gasteiger partial charge on any atom is 0.322 e. The smallest absolute Gasteiger partial charge is 0.322 e. The molecule has 3 N–H and O–H groups in total. The SMILES string of the molecule is COc1ccc(OC)c(N/C=C(/C#N)C(=O)NCC(=O)O)c1. The van der Waals surface area contributed by atoms with Crippen molar-refractivity contribution in [3.8, 4) is 17.6 Å². The highest BCUT2D eigenvalue weighted by molar-refractivity contribution is 5.98. The van der Waals surface area contributed by atoms with E-state index < -0.39 is 18.4 Å². The van der Waals surface area contributed by atoms with E-state index in [-0.39, 0.29) is 5.57 Å². The van der Waals surface area contributed by atoms with E-state index in [9.17, 15) is 9.59 Å². The van der Waals surface area contributed by atoms with Gasteiger partial charge >= 0.3 is 5.97 Å². The lowest BCUT2D eigenvalue weighted by Gasteiger charge is -2.10. The standard InChI is InChI=1S/C14H15N3O5/c1-21-10-3-4-12(22-2)11(5-10)16-7-9(6-15)14(20)17-8-13(18)19/h3-5,7,16H,8H2,1-2H3,(H,17,20)(H,18,19)/b9-7-. The van der Waals surface area contributed by atoms with Crippen LogP contribution in [0.15, 0.2) is 30.0 Å². The lowest BCUT2D eigenvalue weighted by Crippen LogP contribution is -2.30. The third-order valence-electron chi connectivity index (χ3n) is 2.54. The molecule has 1 amide bonds. The molecule has 0 aliphatic carbocycles. The van der Waals surface area contributed by atoms with Crippen LogP contribution in [-0.4, -0.2) is 37.7 Å². The maximum atomic E-state index is 11.6. The van der Waals surface area contributed by atoms with Gasteiger partial charge in [-0.3, -0.25) is 9.59 Å². The number of nitriles is 1. The Hall–Kier alpha value is -3.21. The molecule has 0 aliphatic rings. The van der Waals surface area contributed by atoms with Crippen LogP contribution in [-0.2, 0) is 9.59 Å². The second-order valence-electron chi connectivity index (χ2n) is 3.96. The van der Waals surface area contributed by atoms with Crippen LogP contribution in [0.4, 0.5) is 5.69 Å². The summed E-state index contributed by atoms with van der Waals surface area (Å²) in [6.07, 6.45) is 1.16. The molecule has 0 heterocycles. The number of benzene rings is 1. The molecule has 0 saturated carbocycles. The number of carboxylic acid groups (broad SMARTS) is 1. The van der Waals surface area contributed by atoms with Crippen LogP contribution < -0.4 is 20.1 Å². The Balaban J connectivity index is 2.90. The van der Waals surface area contributed by atoms with Crippen molar-refractivity contribution >= 4 is 17.6 Å². The molecule has 0 spiro atoms. The van der Waals surface area contributed by atoms with Gasteiger partial charge in [0.05, 0.1) is 19.9 Å². The van der Waals surface area contributed by atoms with Crippen molar-refractivity contribution in [2.45, 2.75) is 0 Å². The van der Waals surface area contributed by atoms with Gasteiger partial charge in [-0.15, -0.1) is 0 Å². The number of carbonyl (C=O) groups is 2. The van der Waals surface area contributed by atoms with Crippen LogP contribution in [0.1, 0.15) is 0 Å². The molecule has 1 aromatic carbocycles. The van der Waals surface area contributed by atoms with Crippen LogP contribution in [0.2, 0.25) is 0 Å². The molecule has 0 saturated heterocycles. The van der Waals surface area contributed by atoms with Gasteiger partial charge in [0.25, 0.3) is 5.91 Å². The summed E-state index contributed by atoms with van der Waals surface area (Å²) in [5.41, 5.74) is 0.215. The van der Waals surface area contributed by atoms with Crippen LogP contribution >= 0.6 is 0 Å². The third-order valence-corrected chi connectivity index (χ3v) is 2.54. The average molecular weight is 305 g/mol. The monoisotopic (exact) mass is 305 g/mol. The number of nitrogens with zero attached hydrogens (tertiary/aromatic N) is 1. The van der Waals surface area contributed by atoms with Crippen molar-refractivity contribution in [3.05, 3.63) is 30.0 Å². The molecule has 8 heteroatoms. The topological polar surface area (TPSA) is 121 Å². The van der Waals surface area contributed by atoms with Crippen molar-refractivity contribution < 1.29 is 24.2 Å². The van der Waals surface area contributed by atoms with Crippen molar-refractivity contribution in [2.24, 2.45) is 0 Å². The Morgan fingerprint density at radius 3 is 2.64 bits per heavy atom. The van der Waals surface area contributed by atoms with Crippen LogP contribution in [0.25, 0.3) is 0 Å². The summed E-state index contributed by atoms with van der Waals surface area (Å²) < 4.78 is 10.2. The van der Waals surface area contributed by atoms with Crippen LogP contribution in [0.5, 0.6) is 11.5 Å². The first-order chi connectivity index (χ1) is 10.5. The van der Waals surface area contributed by atoms with Crippen molar-refractivity contribution in [1.29, 1.82) is 5.26 Å². The molecule has 116 valence electrons. The zero-order valence-electron chi connectivity index (χ0n) is 12.0. The lowest BCUT2D eigenvalue weighted by atomic mass is 10.2. The van der Waals surface area contributed by atoms with Gasteiger partial charge in [0.1, 0.15) is 29.7 Å². The van der Waals surface area contributed by atoms with Gasteiger partial charge in [-0.25, -0.2) is 0 Å². The largest absolute Gasteiger partial charge is 0.497 e. The number of carbonyl (C=O) groups excluding carboxylic acids is 1. The van der Waals surface area contributed by atoms with Gasteiger partial charge < -0.3 is 25.2 Å². The van der Waals surface area contributed by atoms with E-state index in [1.54, 1.807) is 24.3 Å². The van der Waals surface area contributed by atoms with E-state index in [0.29, 0.717) is 17.2 Å². The molecule has 22 heavy (non-hydrogen) atoms. The number of nitrogens with one attached hydrogen (secondary N) is 2. The molecule has 1 rings (SSSR count). The first kappa shape index (κ1) is 16.8. The molecule has 0 fully saturated rings. The van der Waals surface area contributed by atoms with Crippen LogP contribution in [0, 0.1) is 11.3 Å². The molecule has 1 aromatic rings. The highest BCUT2D eigenvalue weighted by atomic mass is 16.5. The van der Waals surface area contributed by atoms with E-state index in [1.165, 1.54) is 14.2 Å². The van der Waals surface area contributed by atoms with Crippen LogP contribution in [0.3, 0.4) is 0 Å². The number of carboxylic acids is 1. The minimum atomic E-state index is -1.20. The quantitative estimate of drug-likeness (QED) is 0.501. The number of hydrogen-bond donors (Lipinski definition) is 3. The Bertz CT molecular complexity index is 634. The molecule has 0 unspecified atom stereocenters. The summed E-state index contributed by atoms with van der Waals surface area (Å²) in [6, 6.07) is 6.66. The Kier molecular flexibility index (Phi) is 6.25. The predicted octanol–water partition coefficient (Wildman–Crippen LogP) is 0.724. The van der Waals surface area contributed by atoms with Gasteiger partial charge in [-0.1, -0.05) is 0 Å². The van der Waals surface area contributed by atoms with Gasteiger partial charge in [0.2, 0.25) is 0 Å².